The fourth-order valence-corrected chi connectivity index (χ4v) is 3.82. The van der Waals surface area contributed by atoms with Gasteiger partial charge in [0.1, 0.15) is 0 Å². The lowest BCUT2D eigenvalue weighted by molar-refractivity contribution is -0.137. The largest absolute Gasteiger partial charge is 0.481 e. The zero-order valence-corrected chi connectivity index (χ0v) is 18.8. The minimum absolute atomic E-state index is 0.0215. The molecule has 0 saturated heterocycles. The van der Waals surface area contributed by atoms with Crippen molar-refractivity contribution in [2.24, 2.45) is 5.92 Å². The Morgan fingerprint density at radius 1 is 1.26 bits per heavy atom. The summed E-state index contributed by atoms with van der Waals surface area (Å²) in [6, 6.07) is 6.67. The predicted molar refractivity (Wildman–Crippen MR) is 123 cm³/mol. The Morgan fingerprint density at radius 2 is 2.00 bits per heavy atom. The summed E-state index contributed by atoms with van der Waals surface area (Å²) in [6.07, 6.45) is 7.99. The molecule has 7 heteroatoms. The van der Waals surface area contributed by atoms with Crippen molar-refractivity contribution in [2.45, 2.75) is 58.8 Å². The number of hydrogen-bond donors (Lipinski definition) is 2. The third-order valence-electron chi connectivity index (χ3n) is 5.60. The van der Waals surface area contributed by atoms with E-state index in [1.807, 2.05) is 13.8 Å². The molecular weight excluding hydrogens is 392 g/mol. The van der Waals surface area contributed by atoms with Gasteiger partial charge in [-0.3, -0.25) is 4.79 Å². The maximum Gasteiger partial charge on any atom is 0.316 e. The van der Waals surface area contributed by atoms with Crippen molar-refractivity contribution in [3.8, 4) is 6.01 Å². The summed E-state index contributed by atoms with van der Waals surface area (Å²) in [6.45, 7) is 8.68. The summed E-state index contributed by atoms with van der Waals surface area (Å²) in [7, 11) is 0. The predicted octanol–water partition coefficient (Wildman–Crippen LogP) is 5.21. The topological polar surface area (TPSA) is 87.6 Å². The number of anilines is 3. The van der Waals surface area contributed by atoms with Gasteiger partial charge in [-0.25, -0.2) is 9.97 Å². The van der Waals surface area contributed by atoms with Gasteiger partial charge in [0.2, 0.25) is 0 Å². The van der Waals surface area contributed by atoms with Gasteiger partial charge in [-0.2, -0.15) is 0 Å². The Hall–Kier alpha value is -2.83. The Kier molecular flexibility index (Phi) is 8.09. The lowest BCUT2D eigenvalue weighted by Gasteiger charge is -2.28. The summed E-state index contributed by atoms with van der Waals surface area (Å²) < 4.78 is 5.34. The van der Waals surface area contributed by atoms with Crippen molar-refractivity contribution in [1.82, 2.24) is 9.97 Å². The molecule has 2 N–H and O–H groups in total. The van der Waals surface area contributed by atoms with E-state index < -0.39 is 5.97 Å². The fourth-order valence-electron chi connectivity index (χ4n) is 3.82. The molecule has 7 nitrogen and oxygen atoms in total. The number of rotatable bonds is 13. The molecule has 1 unspecified atom stereocenters. The van der Waals surface area contributed by atoms with Crippen molar-refractivity contribution in [3.05, 3.63) is 36.2 Å². The van der Waals surface area contributed by atoms with E-state index in [0.717, 1.165) is 54.5 Å². The van der Waals surface area contributed by atoms with Crippen molar-refractivity contribution >= 4 is 23.0 Å². The maximum atomic E-state index is 11.3. The molecule has 168 valence electrons. The van der Waals surface area contributed by atoms with Crippen LogP contribution in [0.1, 0.15) is 64.4 Å². The Balaban J connectivity index is 1.93. The van der Waals surface area contributed by atoms with Crippen LogP contribution >= 0.6 is 0 Å². The van der Waals surface area contributed by atoms with E-state index >= 15 is 0 Å². The van der Waals surface area contributed by atoms with Gasteiger partial charge in [-0.05, 0) is 62.1 Å². The van der Waals surface area contributed by atoms with E-state index in [2.05, 4.69) is 45.3 Å². The zero-order chi connectivity index (χ0) is 22.2. The van der Waals surface area contributed by atoms with Gasteiger partial charge >= 0.3 is 12.0 Å². The Bertz CT molecular complexity index is 852. The van der Waals surface area contributed by atoms with Gasteiger partial charge in [0, 0.05) is 13.1 Å². The van der Waals surface area contributed by atoms with Crippen LogP contribution in [0.4, 0.5) is 17.1 Å². The number of carboxylic acids is 1. The summed E-state index contributed by atoms with van der Waals surface area (Å²) >= 11 is 0. The molecule has 1 fully saturated rings. The molecule has 1 atom stereocenters. The van der Waals surface area contributed by atoms with Gasteiger partial charge in [-0.15, -0.1) is 0 Å². The van der Waals surface area contributed by atoms with Crippen LogP contribution in [0.25, 0.3) is 0 Å². The van der Waals surface area contributed by atoms with Gasteiger partial charge in [0.15, 0.2) is 0 Å². The second-order valence-electron chi connectivity index (χ2n) is 8.18. The van der Waals surface area contributed by atoms with Crippen LogP contribution in [-0.2, 0) is 4.79 Å². The second kappa shape index (κ2) is 11.0. The first-order valence-electron chi connectivity index (χ1n) is 11.4. The number of benzene rings is 1. The molecule has 31 heavy (non-hydrogen) atoms. The molecule has 1 aliphatic rings. The highest BCUT2D eigenvalue weighted by Gasteiger charge is 2.26. The number of carboxylic acid groups (broad SMARTS) is 1. The SMILES string of the molecule is CCCN(CC1CC1)c1ccc(C(CC)CC(=O)O)cc1Nc1cnc(OCC)nc1. The molecule has 0 bridgehead atoms. The minimum Gasteiger partial charge on any atom is -0.481 e. The third-order valence-corrected chi connectivity index (χ3v) is 5.60. The summed E-state index contributed by atoms with van der Waals surface area (Å²) in [5.74, 6) is -0.0262. The van der Waals surface area contributed by atoms with E-state index in [4.69, 9.17) is 4.74 Å². The number of carbonyl (C=O) groups is 1. The minimum atomic E-state index is -0.772. The Morgan fingerprint density at radius 3 is 2.58 bits per heavy atom. The third kappa shape index (κ3) is 6.57. The van der Waals surface area contributed by atoms with E-state index in [-0.39, 0.29) is 12.3 Å². The molecule has 1 aromatic carbocycles. The van der Waals surface area contributed by atoms with Crippen molar-refractivity contribution in [1.29, 1.82) is 0 Å². The lowest BCUT2D eigenvalue weighted by atomic mass is 9.92. The van der Waals surface area contributed by atoms with E-state index in [1.165, 1.54) is 12.8 Å². The number of hydrogen-bond acceptors (Lipinski definition) is 6. The molecule has 0 spiro atoms. The number of nitrogens with zero attached hydrogens (tertiary/aromatic N) is 3. The highest BCUT2D eigenvalue weighted by molar-refractivity contribution is 5.76. The quantitative estimate of drug-likeness (QED) is 0.454. The number of aliphatic carboxylic acids is 1. The standard InChI is InChI=1S/C24H34N4O3/c1-4-11-28(16-17-7-8-17)22-10-9-19(18(5-2)13-23(29)30)12-21(22)27-20-14-25-24(26-15-20)31-6-3/h9-10,12,14-15,17-18,27H,4-8,11,13,16H2,1-3H3,(H,29,30). The van der Waals surface area contributed by atoms with Crippen molar-refractivity contribution in [2.75, 3.05) is 29.9 Å². The molecule has 0 amide bonds. The molecule has 1 aliphatic carbocycles. The smallest absolute Gasteiger partial charge is 0.316 e. The average Bonchev–Trinajstić information content (AvgIpc) is 3.57. The van der Waals surface area contributed by atoms with Crippen LogP contribution in [0.5, 0.6) is 6.01 Å². The zero-order valence-electron chi connectivity index (χ0n) is 18.8. The first-order chi connectivity index (χ1) is 15.0. The van der Waals surface area contributed by atoms with Crippen LogP contribution in [0.15, 0.2) is 30.6 Å². The van der Waals surface area contributed by atoms with Crippen LogP contribution in [-0.4, -0.2) is 40.7 Å². The van der Waals surface area contributed by atoms with Crippen LogP contribution in [0, 0.1) is 5.92 Å². The van der Waals surface area contributed by atoms with E-state index in [1.54, 1.807) is 12.4 Å². The molecule has 0 radical (unpaired) electrons. The first kappa shape index (κ1) is 22.8. The molecule has 2 aromatic rings. The van der Waals surface area contributed by atoms with Crippen LogP contribution < -0.4 is 15.0 Å². The lowest BCUT2D eigenvalue weighted by Crippen LogP contribution is -2.27. The van der Waals surface area contributed by atoms with Crippen LogP contribution in [0.2, 0.25) is 0 Å². The maximum absolute atomic E-state index is 11.3. The summed E-state index contributed by atoms with van der Waals surface area (Å²) in [5.41, 5.74) is 3.90. The average molecular weight is 427 g/mol. The normalized spacial score (nSPS) is 14.2. The molecule has 0 aliphatic heterocycles. The van der Waals surface area contributed by atoms with Gasteiger partial charge in [-0.1, -0.05) is 19.9 Å². The molecule has 3 rings (SSSR count). The summed E-state index contributed by atoms with van der Waals surface area (Å²) in [5, 5.41) is 12.8. The summed E-state index contributed by atoms with van der Waals surface area (Å²) in [4.78, 5) is 22.3. The Labute approximate surface area is 184 Å². The van der Waals surface area contributed by atoms with Crippen molar-refractivity contribution < 1.29 is 14.6 Å². The number of nitrogens with one attached hydrogen (secondary N) is 1. The highest BCUT2D eigenvalue weighted by atomic mass is 16.5. The molecule has 1 heterocycles. The molecule has 1 saturated carbocycles. The van der Waals surface area contributed by atoms with Gasteiger partial charge < -0.3 is 20.1 Å². The molecular formula is C24H34N4O3. The molecule has 1 aromatic heterocycles. The monoisotopic (exact) mass is 426 g/mol. The fraction of sp³-hybridized carbons (Fsp3) is 0.542. The second-order valence-corrected chi connectivity index (χ2v) is 8.18. The first-order valence-corrected chi connectivity index (χ1v) is 11.4. The van der Waals surface area contributed by atoms with Gasteiger partial charge in [0.25, 0.3) is 0 Å². The number of aromatic nitrogens is 2. The van der Waals surface area contributed by atoms with Crippen molar-refractivity contribution in [3.63, 3.8) is 0 Å². The highest BCUT2D eigenvalue weighted by Crippen LogP contribution is 2.37. The number of ether oxygens (including phenoxy) is 1. The van der Waals surface area contributed by atoms with Crippen LogP contribution in [0.3, 0.4) is 0 Å². The van der Waals surface area contributed by atoms with E-state index in [0.29, 0.717) is 12.6 Å². The van der Waals surface area contributed by atoms with E-state index in [9.17, 15) is 9.90 Å². The van der Waals surface area contributed by atoms with Gasteiger partial charge in [0.05, 0.1) is 42.5 Å².